The van der Waals surface area contributed by atoms with Gasteiger partial charge in [0.2, 0.25) is 11.8 Å². The molecule has 0 aromatic heterocycles. The predicted octanol–water partition coefficient (Wildman–Crippen LogP) is 1.99. The normalized spacial score (nSPS) is 17.6. The smallest absolute Gasteiger partial charge is 0.235 e. The zero-order valence-corrected chi connectivity index (χ0v) is 12.2. The van der Waals surface area contributed by atoms with Crippen LogP contribution in [-0.4, -0.2) is 23.4 Å². The summed E-state index contributed by atoms with van der Waals surface area (Å²) in [6, 6.07) is 0.249. The Labute approximate surface area is 110 Å². The van der Waals surface area contributed by atoms with Gasteiger partial charge >= 0.3 is 0 Å². The van der Waals surface area contributed by atoms with E-state index in [1.54, 1.807) is 13.8 Å². The summed E-state index contributed by atoms with van der Waals surface area (Å²) in [5, 5.41) is 5.85. The quantitative estimate of drug-likeness (QED) is 0.757. The first-order valence-corrected chi connectivity index (χ1v) is 6.76. The zero-order valence-electron chi connectivity index (χ0n) is 12.2. The summed E-state index contributed by atoms with van der Waals surface area (Å²) >= 11 is 0. The van der Waals surface area contributed by atoms with Crippen LogP contribution in [0, 0.1) is 5.41 Å². The molecule has 4 heteroatoms. The van der Waals surface area contributed by atoms with E-state index in [0.29, 0.717) is 0 Å². The Morgan fingerprint density at radius 3 is 1.89 bits per heavy atom. The van der Waals surface area contributed by atoms with E-state index >= 15 is 0 Å². The maximum Gasteiger partial charge on any atom is 0.235 e. The number of hydrogen-bond donors (Lipinski definition) is 2. The van der Waals surface area contributed by atoms with Gasteiger partial charge in [-0.15, -0.1) is 0 Å². The van der Waals surface area contributed by atoms with Gasteiger partial charge in [0, 0.05) is 11.6 Å². The molecule has 104 valence electrons. The minimum atomic E-state index is -1.02. The fraction of sp³-hybridized carbons (Fsp3) is 0.857. The van der Waals surface area contributed by atoms with E-state index in [0.717, 1.165) is 12.8 Å². The Morgan fingerprint density at radius 2 is 1.44 bits per heavy atom. The van der Waals surface area contributed by atoms with Gasteiger partial charge in [0.05, 0.1) is 0 Å². The van der Waals surface area contributed by atoms with E-state index in [1.165, 1.54) is 12.8 Å². The van der Waals surface area contributed by atoms with Crippen molar-refractivity contribution in [2.24, 2.45) is 5.41 Å². The van der Waals surface area contributed by atoms with Gasteiger partial charge in [-0.25, -0.2) is 0 Å². The van der Waals surface area contributed by atoms with Crippen LogP contribution < -0.4 is 10.6 Å². The third-order valence-corrected chi connectivity index (χ3v) is 3.31. The van der Waals surface area contributed by atoms with Gasteiger partial charge in [0.1, 0.15) is 5.41 Å². The summed E-state index contributed by atoms with van der Waals surface area (Å²) in [7, 11) is 0. The van der Waals surface area contributed by atoms with Crippen molar-refractivity contribution in [2.75, 3.05) is 0 Å². The average Bonchev–Trinajstić information content (AvgIpc) is 2.67. The van der Waals surface area contributed by atoms with E-state index in [-0.39, 0.29) is 23.4 Å². The first-order chi connectivity index (χ1) is 8.13. The SMILES string of the molecule is CC(C)(C)NC(=O)C(C)(C)C(=O)NC1CCCC1. The lowest BCUT2D eigenvalue weighted by Gasteiger charge is -2.29. The van der Waals surface area contributed by atoms with Gasteiger partial charge in [-0.05, 0) is 47.5 Å². The molecule has 4 nitrogen and oxygen atoms in total. The largest absolute Gasteiger partial charge is 0.352 e. The van der Waals surface area contributed by atoms with Gasteiger partial charge in [0.25, 0.3) is 0 Å². The molecule has 1 aliphatic carbocycles. The van der Waals surface area contributed by atoms with Crippen molar-refractivity contribution in [2.45, 2.75) is 71.9 Å². The number of carbonyl (C=O) groups excluding carboxylic acids is 2. The topological polar surface area (TPSA) is 58.2 Å². The third-order valence-electron chi connectivity index (χ3n) is 3.31. The second-order valence-electron chi connectivity index (χ2n) is 6.78. The second kappa shape index (κ2) is 5.29. The zero-order chi connectivity index (χ0) is 14.0. The molecule has 1 rings (SSSR count). The van der Waals surface area contributed by atoms with Gasteiger partial charge in [-0.2, -0.15) is 0 Å². The fourth-order valence-corrected chi connectivity index (χ4v) is 2.04. The highest BCUT2D eigenvalue weighted by atomic mass is 16.2. The lowest BCUT2D eigenvalue weighted by Crippen LogP contribution is -2.54. The van der Waals surface area contributed by atoms with Crippen molar-refractivity contribution in [1.82, 2.24) is 10.6 Å². The molecule has 0 aromatic carbocycles. The molecule has 18 heavy (non-hydrogen) atoms. The van der Waals surface area contributed by atoms with Gasteiger partial charge in [-0.3, -0.25) is 9.59 Å². The summed E-state index contributed by atoms with van der Waals surface area (Å²) in [6.07, 6.45) is 4.39. The first kappa shape index (κ1) is 15.0. The van der Waals surface area contributed by atoms with Gasteiger partial charge < -0.3 is 10.6 Å². The molecule has 2 N–H and O–H groups in total. The van der Waals surface area contributed by atoms with Crippen molar-refractivity contribution in [3.05, 3.63) is 0 Å². The van der Waals surface area contributed by atoms with E-state index in [4.69, 9.17) is 0 Å². The molecule has 0 atom stereocenters. The predicted molar refractivity (Wildman–Crippen MR) is 72.1 cm³/mol. The highest BCUT2D eigenvalue weighted by Crippen LogP contribution is 2.22. The van der Waals surface area contributed by atoms with Crippen LogP contribution in [0.3, 0.4) is 0 Å². The van der Waals surface area contributed by atoms with Crippen LogP contribution in [0.4, 0.5) is 0 Å². The molecule has 0 spiro atoms. The van der Waals surface area contributed by atoms with E-state index in [2.05, 4.69) is 10.6 Å². The highest BCUT2D eigenvalue weighted by molar-refractivity contribution is 6.04. The van der Waals surface area contributed by atoms with Crippen molar-refractivity contribution >= 4 is 11.8 Å². The van der Waals surface area contributed by atoms with E-state index in [9.17, 15) is 9.59 Å². The number of hydrogen-bond acceptors (Lipinski definition) is 2. The highest BCUT2D eigenvalue weighted by Gasteiger charge is 2.38. The van der Waals surface area contributed by atoms with Crippen LogP contribution in [0.5, 0.6) is 0 Å². The van der Waals surface area contributed by atoms with Crippen LogP contribution in [0.1, 0.15) is 60.3 Å². The van der Waals surface area contributed by atoms with E-state index < -0.39 is 5.41 Å². The third kappa shape index (κ3) is 4.00. The Balaban J connectivity index is 2.60. The molecule has 0 radical (unpaired) electrons. The number of amides is 2. The molecule has 1 saturated carbocycles. The van der Waals surface area contributed by atoms with Crippen molar-refractivity contribution in [1.29, 1.82) is 0 Å². The molecule has 0 saturated heterocycles. The summed E-state index contributed by atoms with van der Waals surface area (Å²) in [4.78, 5) is 24.3. The molecule has 0 aliphatic heterocycles. The van der Waals surface area contributed by atoms with Crippen LogP contribution >= 0.6 is 0 Å². The molecule has 0 unspecified atom stereocenters. The Kier molecular flexibility index (Phi) is 4.41. The molecule has 0 aromatic rings. The molecular formula is C14H26N2O2. The molecule has 0 bridgehead atoms. The lowest BCUT2D eigenvalue weighted by atomic mass is 9.89. The van der Waals surface area contributed by atoms with Crippen LogP contribution in [0.2, 0.25) is 0 Å². The lowest BCUT2D eigenvalue weighted by molar-refractivity contribution is -0.142. The van der Waals surface area contributed by atoms with Crippen LogP contribution in [0.25, 0.3) is 0 Å². The average molecular weight is 254 g/mol. The Hall–Kier alpha value is -1.06. The number of rotatable bonds is 3. The number of carbonyl (C=O) groups is 2. The van der Waals surface area contributed by atoms with Crippen molar-refractivity contribution in [3.8, 4) is 0 Å². The van der Waals surface area contributed by atoms with Crippen molar-refractivity contribution < 1.29 is 9.59 Å². The second-order valence-corrected chi connectivity index (χ2v) is 6.78. The minimum absolute atomic E-state index is 0.170. The number of nitrogens with one attached hydrogen (secondary N) is 2. The fourth-order valence-electron chi connectivity index (χ4n) is 2.04. The maximum atomic E-state index is 12.2. The monoisotopic (exact) mass is 254 g/mol. The molecule has 0 heterocycles. The van der Waals surface area contributed by atoms with Gasteiger partial charge in [-0.1, -0.05) is 12.8 Å². The molecular weight excluding hydrogens is 228 g/mol. The summed E-state index contributed by atoms with van der Waals surface area (Å²) < 4.78 is 0. The summed E-state index contributed by atoms with van der Waals surface area (Å²) in [5.41, 5.74) is -1.34. The Bertz CT molecular complexity index is 323. The summed E-state index contributed by atoms with van der Waals surface area (Å²) in [6.45, 7) is 9.10. The maximum absolute atomic E-state index is 12.2. The molecule has 1 aliphatic rings. The molecule has 1 fully saturated rings. The molecule has 2 amide bonds. The summed E-state index contributed by atoms with van der Waals surface area (Å²) in [5.74, 6) is -0.387. The first-order valence-electron chi connectivity index (χ1n) is 6.76. The van der Waals surface area contributed by atoms with Crippen LogP contribution in [-0.2, 0) is 9.59 Å². The minimum Gasteiger partial charge on any atom is -0.352 e. The standard InChI is InChI=1S/C14H26N2O2/c1-13(2,3)16-12(18)14(4,5)11(17)15-10-8-6-7-9-10/h10H,6-9H2,1-5H3,(H,15,17)(H,16,18). The van der Waals surface area contributed by atoms with Crippen LogP contribution in [0.15, 0.2) is 0 Å². The van der Waals surface area contributed by atoms with Gasteiger partial charge in [0.15, 0.2) is 0 Å². The Morgan fingerprint density at radius 1 is 0.944 bits per heavy atom. The van der Waals surface area contributed by atoms with Crippen molar-refractivity contribution in [3.63, 3.8) is 0 Å². The van der Waals surface area contributed by atoms with E-state index in [1.807, 2.05) is 20.8 Å².